The summed E-state index contributed by atoms with van der Waals surface area (Å²) in [6.07, 6.45) is 1.99. The average molecular weight is 367 g/mol. The molecule has 1 saturated carbocycles. The van der Waals surface area contributed by atoms with E-state index in [4.69, 9.17) is 9.47 Å². The van der Waals surface area contributed by atoms with Crippen LogP contribution in [0.5, 0.6) is 5.75 Å². The Morgan fingerprint density at radius 1 is 1.07 bits per heavy atom. The molecule has 1 fully saturated rings. The summed E-state index contributed by atoms with van der Waals surface area (Å²) in [5, 5.41) is 0. The number of hydrogen-bond acceptors (Lipinski definition) is 4. The zero-order chi connectivity index (χ0) is 19.4. The number of hydrogen-bond donors (Lipinski definition) is 0. The Labute approximate surface area is 159 Å². The number of ether oxygens (including phenoxy) is 2. The summed E-state index contributed by atoms with van der Waals surface area (Å²) in [5.74, 6) is 0.165. The maximum absolute atomic E-state index is 12.7. The number of amides is 1. The number of esters is 1. The quantitative estimate of drug-likeness (QED) is 0.701. The van der Waals surface area contributed by atoms with Crippen LogP contribution in [0.3, 0.4) is 0 Å². The van der Waals surface area contributed by atoms with E-state index in [1.54, 1.807) is 18.1 Å². The summed E-state index contributed by atoms with van der Waals surface area (Å²) in [4.78, 5) is 26.8. The highest BCUT2D eigenvalue weighted by molar-refractivity contribution is 5.92. The third kappa shape index (κ3) is 4.88. The van der Waals surface area contributed by atoms with Gasteiger partial charge < -0.3 is 14.4 Å². The van der Waals surface area contributed by atoms with E-state index < -0.39 is 5.97 Å². The van der Waals surface area contributed by atoms with Gasteiger partial charge in [-0.05, 0) is 56.0 Å². The zero-order valence-electron chi connectivity index (χ0n) is 16.0. The standard InChI is InChI=1S/C22H25NO4/c1-15-4-11-20(16(2)12-15)22(25)27-14-21(24)23(18-7-8-18)13-17-5-9-19(26-3)10-6-17/h4-6,9-12,18H,7-8,13-14H2,1-3H3. The lowest BCUT2D eigenvalue weighted by atomic mass is 10.1. The highest BCUT2D eigenvalue weighted by Gasteiger charge is 2.33. The predicted molar refractivity (Wildman–Crippen MR) is 103 cm³/mol. The van der Waals surface area contributed by atoms with E-state index in [0.717, 1.165) is 35.3 Å². The van der Waals surface area contributed by atoms with Crippen LogP contribution in [0.1, 0.15) is 39.9 Å². The van der Waals surface area contributed by atoms with Crippen LogP contribution in [-0.4, -0.2) is 36.5 Å². The highest BCUT2D eigenvalue weighted by Crippen LogP contribution is 2.29. The molecule has 0 bridgehead atoms. The molecule has 0 N–H and O–H groups in total. The smallest absolute Gasteiger partial charge is 0.338 e. The Balaban J connectivity index is 1.60. The van der Waals surface area contributed by atoms with Crippen LogP contribution in [0.2, 0.25) is 0 Å². The summed E-state index contributed by atoms with van der Waals surface area (Å²) in [6.45, 7) is 4.11. The van der Waals surface area contributed by atoms with E-state index in [0.29, 0.717) is 12.1 Å². The van der Waals surface area contributed by atoms with Crippen molar-refractivity contribution in [3.05, 3.63) is 64.7 Å². The lowest BCUT2D eigenvalue weighted by molar-refractivity contribution is -0.135. The fraction of sp³-hybridized carbons (Fsp3) is 0.364. The summed E-state index contributed by atoms with van der Waals surface area (Å²) < 4.78 is 10.5. The van der Waals surface area contributed by atoms with Gasteiger partial charge >= 0.3 is 5.97 Å². The van der Waals surface area contributed by atoms with Crippen LogP contribution < -0.4 is 4.74 Å². The summed E-state index contributed by atoms with van der Waals surface area (Å²) in [6, 6.07) is 13.4. The molecule has 1 aliphatic carbocycles. The molecule has 0 spiro atoms. The molecule has 27 heavy (non-hydrogen) atoms. The third-order valence-electron chi connectivity index (χ3n) is 4.75. The molecule has 1 aliphatic rings. The zero-order valence-corrected chi connectivity index (χ0v) is 16.0. The van der Waals surface area contributed by atoms with Crippen LogP contribution in [-0.2, 0) is 16.1 Å². The van der Waals surface area contributed by atoms with Crippen molar-refractivity contribution >= 4 is 11.9 Å². The van der Waals surface area contributed by atoms with Crippen molar-refractivity contribution in [3.63, 3.8) is 0 Å². The molecule has 142 valence electrons. The molecule has 2 aromatic rings. The molecular weight excluding hydrogens is 342 g/mol. The lowest BCUT2D eigenvalue weighted by Gasteiger charge is -2.22. The van der Waals surface area contributed by atoms with Gasteiger partial charge in [0.15, 0.2) is 6.61 Å². The Bertz CT molecular complexity index is 825. The normalized spacial score (nSPS) is 13.1. The number of nitrogens with zero attached hydrogens (tertiary/aromatic N) is 1. The first-order valence-electron chi connectivity index (χ1n) is 9.14. The second-order valence-corrected chi connectivity index (χ2v) is 7.00. The minimum absolute atomic E-state index is 0.161. The van der Waals surface area contributed by atoms with E-state index in [1.807, 2.05) is 50.2 Å². The molecule has 0 unspecified atom stereocenters. The molecule has 1 amide bonds. The molecular formula is C22H25NO4. The second-order valence-electron chi connectivity index (χ2n) is 7.00. The Morgan fingerprint density at radius 3 is 2.37 bits per heavy atom. The SMILES string of the molecule is COc1ccc(CN(C(=O)COC(=O)c2ccc(C)cc2C)C2CC2)cc1. The summed E-state index contributed by atoms with van der Waals surface area (Å²) in [5.41, 5.74) is 3.46. The fourth-order valence-electron chi connectivity index (χ4n) is 3.07. The van der Waals surface area contributed by atoms with E-state index in [-0.39, 0.29) is 18.6 Å². The maximum atomic E-state index is 12.7. The topological polar surface area (TPSA) is 55.8 Å². The predicted octanol–water partition coefficient (Wildman–Crippen LogP) is 3.66. The van der Waals surface area contributed by atoms with Crippen molar-refractivity contribution in [2.24, 2.45) is 0 Å². The van der Waals surface area contributed by atoms with E-state index in [1.165, 1.54) is 0 Å². The Kier molecular flexibility index (Phi) is 5.79. The monoisotopic (exact) mass is 367 g/mol. The van der Waals surface area contributed by atoms with E-state index in [2.05, 4.69) is 0 Å². The van der Waals surface area contributed by atoms with Crippen LogP contribution in [0.4, 0.5) is 0 Å². The molecule has 2 aromatic carbocycles. The first-order valence-corrected chi connectivity index (χ1v) is 9.14. The van der Waals surface area contributed by atoms with Gasteiger partial charge in [-0.3, -0.25) is 4.79 Å². The molecule has 0 aromatic heterocycles. The average Bonchev–Trinajstić information content (AvgIpc) is 3.49. The van der Waals surface area contributed by atoms with Crippen LogP contribution in [0.25, 0.3) is 0 Å². The fourth-order valence-corrected chi connectivity index (χ4v) is 3.07. The molecule has 0 heterocycles. The van der Waals surface area contributed by atoms with Gasteiger partial charge in [0.2, 0.25) is 0 Å². The van der Waals surface area contributed by atoms with Crippen molar-refractivity contribution in [1.29, 1.82) is 0 Å². The first kappa shape index (κ1) is 19.0. The molecule has 3 rings (SSSR count). The van der Waals surface area contributed by atoms with Gasteiger partial charge in [-0.15, -0.1) is 0 Å². The minimum Gasteiger partial charge on any atom is -0.497 e. The Morgan fingerprint density at radius 2 is 1.78 bits per heavy atom. The molecule has 5 nitrogen and oxygen atoms in total. The van der Waals surface area contributed by atoms with Crippen LogP contribution in [0.15, 0.2) is 42.5 Å². The van der Waals surface area contributed by atoms with Gasteiger partial charge in [-0.25, -0.2) is 4.79 Å². The molecule has 0 radical (unpaired) electrons. The number of aryl methyl sites for hydroxylation is 2. The largest absolute Gasteiger partial charge is 0.497 e. The molecule has 0 atom stereocenters. The van der Waals surface area contributed by atoms with Crippen molar-refractivity contribution in [1.82, 2.24) is 4.90 Å². The van der Waals surface area contributed by atoms with Gasteiger partial charge in [0, 0.05) is 12.6 Å². The number of carbonyl (C=O) groups excluding carboxylic acids is 2. The molecule has 0 aliphatic heterocycles. The maximum Gasteiger partial charge on any atom is 0.338 e. The van der Waals surface area contributed by atoms with Crippen LogP contribution in [0, 0.1) is 13.8 Å². The van der Waals surface area contributed by atoms with Crippen LogP contribution >= 0.6 is 0 Å². The van der Waals surface area contributed by atoms with Crippen molar-refractivity contribution in [3.8, 4) is 5.75 Å². The van der Waals surface area contributed by atoms with Gasteiger partial charge in [0.25, 0.3) is 5.91 Å². The highest BCUT2D eigenvalue weighted by atomic mass is 16.5. The first-order chi connectivity index (χ1) is 13.0. The number of benzene rings is 2. The second kappa shape index (κ2) is 8.25. The van der Waals surface area contributed by atoms with Crippen molar-refractivity contribution < 1.29 is 19.1 Å². The van der Waals surface area contributed by atoms with Gasteiger partial charge in [-0.1, -0.05) is 29.8 Å². The van der Waals surface area contributed by atoms with Gasteiger partial charge in [-0.2, -0.15) is 0 Å². The summed E-state index contributed by atoms with van der Waals surface area (Å²) in [7, 11) is 1.62. The van der Waals surface area contributed by atoms with E-state index in [9.17, 15) is 9.59 Å². The molecule has 5 heteroatoms. The Hall–Kier alpha value is -2.82. The third-order valence-corrected chi connectivity index (χ3v) is 4.75. The molecule has 0 saturated heterocycles. The van der Waals surface area contributed by atoms with Gasteiger partial charge in [0.1, 0.15) is 5.75 Å². The van der Waals surface area contributed by atoms with Crippen molar-refractivity contribution in [2.75, 3.05) is 13.7 Å². The number of methoxy groups -OCH3 is 1. The lowest BCUT2D eigenvalue weighted by Crippen LogP contribution is -2.36. The minimum atomic E-state index is -0.457. The van der Waals surface area contributed by atoms with E-state index >= 15 is 0 Å². The summed E-state index contributed by atoms with van der Waals surface area (Å²) >= 11 is 0. The van der Waals surface area contributed by atoms with Gasteiger partial charge in [0.05, 0.1) is 12.7 Å². The number of rotatable bonds is 7. The number of carbonyl (C=O) groups is 2. The van der Waals surface area contributed by atoms with Crippen molar-refractivity contribution in [2.45, 2.75) is 39.3 Å².